The number of rotatable bonds is 5. The summed E-state index contributed by atoms with van der Waals surface area (Å²) in [6.45, 7) is 6.54. The average Bonchev–Trinajstić information content (AvgIpc) is 3.36. The number of fused-ring (bicyclic) bond motifs is 2. The minimum absolute atomic E-state index is 0.0198. The Morgan fingerprint density at radius 3 is 2.94 bits per heavy atom. The highest BCUT2D eigenvalue weighted by molar-refractivity contribution is 6.17. The topological polar surface area (TPSA) is 117 Å². The number of aliphatic imine (C=N–C) groups is 2. The van der Waals surface area contributed by atoms with Gasteiger partial charge in [0.25, 0.3) is 0 Å². The van der Waals surface area contributed by atoms with E-state index in [2.05, 4.69) is 45.3 Å². The highest BCUT2D eigenvalue weighted by Gasteiger charge is 2.42. The molecule has 9 heteroatoms. The van der Waals surface area contributed by atoms with Crippen molar-refractivity contribution < 1.29 is 4.74 Å². The molecule has 0 radical (unpaired) electrons. The predicted octanol–water partition coefficient (Wildman–Crippen LogP) is 2.61. The molecule has 0 spiro atoms. The minimum atomic E-state index is -0.271. The lowest BCUT2D eigenvalue weighted by molar-refractivity contribution is 0.207. The molecule has 0 saturated carbocycles. The summed E-state index contributed by atoms with van der Waals surface area (Å²) in [5, 5.41) is 15.8. The van der Waals surface area contributed by atoms with E-state index in [1.807, 2.05) is 24.9 Å². The van der Waals surface area contributed by atoms with Gasteiger partial charge in [-0.1, -0.05) is 18.2 Å². The summed E-state index contributed by atoms with van der Waals surface area (Å²) < 4.78 is 6.07. The van der Waals surface area contributed by atoms with Crippen LogP contribution in [0.1, 0.15) is 30.7 Å². The molecule has 2 aliphatic heterocycles. The lowest BCUT2D eigenvalue weighted by Crippen LogP contribution is -2.42. The van der Waals surface area contributed by atoms with Crippen LogP contribution in [0.25, 0.3) is 10.8 Å². The van der Waals surface area contributed by atoms with E-state index in [0.717, 1.165) is 33.3 Å². The van der Waals surface area contributed by atoms with Crippen LogP contribution in [0.3, 0.4) is 0 Å². The van der Waals surface area contributed by atoms with Gasteiger partial charge in [0, 0.05) is 17.1 Å². The number of nitrogens with zero attached hydrogens (tertiary/aromatic N) is 6. The van der Waals surface area contributed by atoms with Crippen molar-refractivity contribution in [3.05, 3.63) is 53.5 Å². The molecule has 0 bridgehead atoms. The molecule has 2 aliphatic rings. The summed E-state index contributed by atoms with van der Waals surface area (Å²) in [6, 6.07) is 8.28. The van der Waals surface area contributed by atoms with Gasteiger partial charge in [-0.3, -0.25) is 10.1 Å². The van der Waals surface area contributed by atoms with Crippen molar-refractivity contribution in [1.82, 2.24) is 20.2 Å². The summed E-state index contributed by atoms with van der Waals surface area (Å²) in [5.74, 6) is 0.911. The standard InChI is InChI=1S/C22H24N8O/c1-12(2)31-22-17-13(3)5-4-6-14(17)7-16(28-22)10-30-21-18(20(23)24-11-25-21)19(29-30)15-8-26-27-9-15/h4-9,11-12,18,21H,10H2,1-3H3,(H,26,27)(H2,23,24,25). The smallest absolute Gasteiger partial charge is 0.222 e. The number of hydrazone groups is 1. The monoisotopic (exact) mass is 416 g/mol. The number of aromatic amines is 1. The van der Waals surface area contributed by atoms with E-state index in [1.54, 1.807) is 12.4 Å². The zero-order valence-corrected chi connectivity index (χ0v) is 17.6. The van der Waals surface area contributed by atoms with Gasteiger partial charge in [-0.15, -0.1) is 0 Å². The molecule has 158 valence electrons. The van der Waals surface area contributed by atoms with Crippen LogP contribution in [0.15, 0.2) is 51.7 Å². The van der Waals surface area contributed by atoms with Gasteiger partial charge < -0.3 is 10.5 Å². The minimum Gasteiger partial charge on any atom is -0.474 e. The molecule has 5 rings (SSSR count). The number of aromatic nitrogens is 3. The van der Waals surface area contributed by atoms with E-state index < -0.39 is 0 Å². The normalized spacial score (nSPS) is 20.2. The Labute approximate surface area is 179 Å². The first-order valence-corrected chi connectivity index (χ1v) is 10.3. The molecule has 9 nitrogen and oxygen atoms in total. The van der Waals surface area contributed by atoms with Crippen molar-refractivity contribution in [3.63, 3.8) is 0 Å². The Bertz CT molecular complexity index is 1210. The number of hydrogen-bond donors (Lipinski definition) is 2. The molecule has 3 aromatic rings. The van der Waals surface area contributed by atoms with Crippen LogP contribution in [0.2, 0.25) is 0 Å². The summed E-state index contributed by atoms with van der Waals surface area (Å²) in [6.07, 6.45) is 4.79. The van der Waals surface area contributed by atoms with Crippen LogP contribution in [0.4, 0.5) is 0 Å². The zero-order chi connectivity index (χ0) is 21.5. The zero-order valence-electron chi connectivity index (χ0n) is 17.6. The maximum atomic E-state index is 6.23. The molecule has 0 amide bonds. The number of benzene rings is 1. The Balaban J connectivity index is 1.54. The summed E-state index contributed by atoms with van der Waals surface area (Å²) in [4.78, 5) is 13.6. The Kier molecular flexibility index (Phi) is 4.65. The Morgan fingerprint density at radius 1 is 1.29 bits per heavy atom. The SMILES string of the molecule is Cc1cccc2cc(CN3N=C(c4cn[nH]c4)C4C(N)=NC=NC43)nc(OC(C)C)c12. The molecule has 3 N–H and O–H groups in total. The third-order valence-corrected chi connectivity index (χ3v) is 5.43. The number of hydrogen-bond acceptors (Lipinski definition) is 8. The maximum absolute atomic E-state index is 6.23. The highest BCUT2D eigenvalue weighted by atomic mass is 16.5. The number of nitrogens with two attached hydrogens (primary N) is 1. The molecule has 1 aromatic carbocycles. The number of amidine groups is 1. The lowest BCUT2D eigenvalue weighted by Gasteiger charge is -2.26. The molecule has 2 aromatic heterocycles. The van der Waals surface area contributed by atoms with Gasteiger partial charge in [0.05, 0.1) is 30.3 Å². The Hall–Kier alpha value is -3.75. The molecule has 31 heavy (non-hydrogen) atoms. The van der Waals surface area contributed by atoms with E-state index in [1.165, 1.54) is 6.34 Å². The van der Waals surface area contributed by atoms with Gasteiger partial charge in [0.15, 0.2) is 6.17 Å². The quantitative estimate of drug-likeness (QED) is 0.663. The molecular formula is C22H24N8O. The van der Waals surface area contributed by atoms with Gasteiger partial charge in [-0.05, 0) is 37.8 Å². The van der Waals surface area contributed by atoms with Gasteiger partial charge in [0.2, 0.25) is 5.88 Å². The van der Waals surface area contributed by atoms with Gasteiger partial charge in [-0.2, -0.15) is 10.2 Å². The first-order chi connectivity index (χ1) is 15.0. The number of ether oxygens (including phenoxy) is 1. The molecule has 0 aliphatic carbocycles. The average molecular weight is 416 g/mol. The summed E-state index contributed by atoms with van der Waals surface area (Å²) >= 11 is 0. The van der Waals surface area contributed by atoms with E-state index in [-0.39, 0.29) is 18.2 Å². The number of aryl methyl sites for hydroxylation is 1. The molecule has 0 fully saturated rings. The Morgan fingerprint density at radius 2 is 2.16 bits per heavy atom. The van der Waals surface area contributed by atoms with Crippen LogP contribution in [-0.4, -0.2) is 50.3 Å². The lowest BCUT2D eigenvalue weighted by atomic mass is 9.95. The summed E-state index contributed by atoms with van der Waals surface area (Å²) in [5.41, 5.74) is 9.88. The summed E-state index contributed by atoms with van der Waals surface area (Å²) in [7, 11) is 0. The number of pyridine rings is 1. The maximum Gasteiger partial charge on any atom is 0.222 e. The van der Waals surface area contributed by atoms with Crippen molar-refractivity contribution >= 4 is 28.7 Å². The second-order valence-corrected chi connectivity index (χ2v) is 8.04. The third kappa shape index (κ3) is 3.41. The van der Waals surface area contributed by atoms with Crippen LogP contribution in [0, 0.1) is 12.8 Å². The third-order valence-electron chi connectivity index (χ3n) is 5.43. The van der Waals surface area contributed by atoms with Crippen molar-refractivity contribution in [2.24, 2.45) is 26.7 Å². The molecule has 2 unspecified atom stereocenters. The largest absolute Gasteiger partial charge is 0.474 e. The molecule has 4 heterocycles. The molecular weight excluding hydrogens is 392 g/mol. The van der Waals surface area contributed by atoms with Crippen LogP contribution < -0.4 is 10.5 Å². The van der Waals surface area contributed by atoms with E-state index in [0.29, 0.717) is 18.3 Å². The van der Waals surface area contributed by atoms with Crippen LogP contribution >= 0.6 is 0 Å². The first kappa shape index (κ1) is 19.2. The fourth-order valence-electron chi connectivity index (χ4n) is 4.09. The second-order valence-electron chi connectivity index (χ2n) is 8.04. The number of H-pyrrole nitrogens is 1. The van der Waals surface area contributed by atoms with Crippen molar-refractivity contribution in [2.45, 2.75) is 39.6 Å². The van der Waals surface area contributed by atoms with E-state index in [9.17, 15) is 0 Å². The van der Waals surface area contributed by atoms with Crippen LogP contribution in [0.5, 0.6) is 5.88 Å². The van der Waals surface area contributed by atoms with Crippen molar-refractivity contribution in [2.75, 3.05) is 0 Å². The van der Waals surface area contributed by atoms with Crippen molar-refractivity contribution in [3.8, 4) is 5.88 Å². The van der Waals surface area contributed by atoms with Crippen molar-refractivity contribution in [1.29, 1.82) is 0 Å². The fraction of sp³-hybridized carbons (Fsp3) is 0.318. The number of nitrogens with one attached hydrogen (secondary N) is 1. The molecule has 2 atom stereocenters. The van der Waals surface area contributed by atoms with Gasteiger partial charge in [0.1, 0.15) is 18.1 Å². The first-order valence-electron chi connectivity index (χ1n) is 10.3. The van der Waals surface area contributed by atoms with Crippen LogP contribution in [-0.2, 0) is 6.54 Å². The molecule has 0 saturated heterocycles. The van der Waals surface area contributed by atoms with Gasteiger partial charge in [-0.25, -0.2) is 15.0 Å². The second kappa shape index (κ2) is 7.50. The predicted molar refractivity (Wildman–Crippen MR) is 120 cm³/mol. The van der Waals surface area contributed by atoms with E-state index in [4.69, 9.17) is 20.6 Å². The highest BCUT2D eigenvalue weighted by Crippen LogP contribution is 2.32. The van der Waals surface area contributed by atoms with E-state index >= 15 is 0 Å². The van der Waals surface area contributed by atoms with Gasteiger partial charge >= 0.3 is 0 Å². The fourth-order valence-corrected chi connectivity index (χ4v) is 4.09.